The molecule has 2 unspecified atom stereocenters. The molecule has 1 N–H and O–H groups in total. The van der Waals surface area contributed by atoms with Crippen LogP contribution in [0, 0.1) is 5.92 Å². The molecule has 2 aliphatic heterocycles. The van der Waals surface area contributed by atoms with Crippen LogP contribution in [-0.2, 0) is 9.53 Å². The molecule has 2 heterocycles. The zero-order valence-electron chi connectivity index (χ0n) is 11.7. The largest absolute Gasteiger partial charge is 0.381 e. The molecule has 0 aliphatic carbocycles. The molecule has 0 aromatic carbocycles. The van der Waals surface area contributed by atoms with Crippen molar-refractivity contribution in [3.8, 4) is 0 Å². The van der Waals surface area contributed by atoms with Crippen LogP contribution in [0.2, 0.25) is 0 Å². The highest BCUT2D eigenvalue weighted by Crippen LogP contribution is 2.19. The van der Waals surface area contributed by atoms with Crippen molar-refractivity contribution in [1.29, 1.82) is 0 Å². The van der Waals surface area contributed by atoms with E-state index in [4.69, 9.17) is 4.74 Å². The molecule has 0 saturated carbocycles. The smallest absolute Gasteiger partial charge is 0.239 e. The van der Waals surface area contributed by atoms with Crippen molar-refractivity contribution in [2.45, 2.75) is 51.6 Å². The second-order valence-corrected chi connectivity index (χ2v) is 5.66. The first kappa shape index (κ1) is 13.8. The SMILES string of the molecule is CC(NC(C)C1CCOCC1)C(=O)N1CCCC1. The third-order valence-electron chi connectivity index (χ3n) is 4.27. The van der Waals surface area contributed by atoms with Crippen LogP contribution in [0.3, 0.4) is 0 Å². The topological polar surface area (TPSA) is 41.6 Å². The zero-order valence-corrected chi connectivity index (χ0v) is 11.7. The molecule has 2 aliphatic rings. The maximum Gasteiger partial charge on any atom is 0.239 e. The normalized spacial score (nSPS) is 25.1. The number of rotatable bonds is 4. The molecule has 1 amide bonds. The van der Waals surface area contributed by atoms with E-state index in [2.05, 4.69) is 12.2 Å². The molecular weight excluding hydrogens is 228 g/mol. The van der Waals surface area contributed by atoms with Gasteiger partial charge in [-0.15, -0.1) is 0 Å². The maximum atomic E-state index is 12.2. The first-order valence-electron chi connectivity index (χ1n) is 7.31. The van der Waals surface area contributed by atoms with Gasteiger partial charge in [0.05, 0.1) is 6.04 Å². The number of carbonyl (C=O) groups excluding carboxylic acids is 1. The standard InChI is InChI=1S/C14H26N2O2/c1-11(13-5-9-18-10-6-13)15-12(2)14(17)16-7-3-4-8-16/h11-13,15H,3-10H2,1-2H3. The Bertz CT molecular complexity index is 271. The van der Waals surface area contributed by atoms with Crippen LogP contribution in [-0.4, -0.2) is 49.2 Å². The average Bonchev–Trinajstić information content (AvgIpc) is 2.92. The van der Waals surface area contributed by atoms with Crippen LogP contribution in [0.25, 0.3) is 0 Å². The first-order chi connectivity index (χ1) is 8.68. The number of nitrogens with one attached hydrogen (secondary N) is 1. The average molecular weight is 254 g/mol. The van der Waals surface area contributed by atoms with Crippen LogP contribution < -0.4 is 5.32 Å². The van der Waals surface area contributed by atoms with Gasteiger partial charge in [0.1, 0.15) is 0 Å². The summed E-state index contributed by atoms with van der Waals surface area (Å²) in [6.45, 7) is 7.81. The molecule has 2 atom stereocenters. The Balaban J connectivity index is 1.78. The van der Waals surface area contributed by atoms with E-state index in [9.17, 15) is 4.79 Å². The number of hydrogen-bond donors (Lipinski definition) is 1. The van der Waals surface area contributed by atoms with E-state index in [0.29, 0.717) is 12.0 Å². The van der Waals surface area contributed by atoms with Gasteiger partial charge in [-0.3, -0.25) is 4.79 Å². The molecule has 0 aromatic rings. The Labute approximate surface area is 110 Å². The fourth-order valence-corrected chi connectivity index (χ4v) is 3.03. The lowest BCUT2D eigenvalue weighted by molar-refractivity contribution is -0.132. The van der Waals surface area contributed by atoms with Crippen LogP contribution in [0.4, 0.5) is 0 Å². The summed E-state index contributed by atoms with van der Waals surface area (Å²) in [4.78, 5) is 14.2. The second-order valence-electron chi connectivity index (χ2n) is 5.66. The number of nitrogens with zero attached hydrogens (tertiary/aromatic N) is 1. The highest BCUT2D eigenvalue weighted by atomic mass is 16.5. The Morgan fingerprint density at radius 2 is 1.83 bits per heavy atom. The summed E-state index contributed by atoms with van der Waals surface area (Å²) in [6.07, 6.45) is 4.54. The minimum absolute atomic E-state index is 0.0547. The van der Waals surface area contributed by atoms with Gasteiger partial charge in [0.25, 0.3) is 0 Å². The van der Waals surface area contributed by atoms with Crippen LogP contribution in [0.5, 0.6) is 0 Å². The van der Waals surface area contributed by atoms with E-state index in [1.807, 2.05) is 11.8 Å². The first-order valence-corrected chi connectivity index (χ1v) is 7.31. The lowest BCUT2D eigenvalue weighted by Crippen LogP contribution is -2.49. The molecule has 2 fully saturated rings. The molecule has 0 aromatic heterocycles. The number of hydrogen-bond acceptors (Lipinski definition) is 3. The summed E-state index contributed by atoms with van der Waals surface area (Å²) in [5.41, 5.74) is 0. The molecular formula is C14H26N2O2. The Morgan fingerprint density at radius 1 is 1.22 bits per heavy atom. The third-order valence-corrected chi connectivity index (χ3v) is 4.27. The van der Waals surface area contributed by atoms with Crippen molar-refractivity contribution < 1.29 is 9.53 Å². The quantitative estimate of drug-likeness (QED) is 0.824. The van der Waals surface area contributed by atoms with Crippen molar-refractivity contribution in [2.24, 2.45) is 5.92 Å². The number of ether oxygens (including phenoxy) is 1. The van der Waals surface area contributed by atoms with E-state index in [1.54, 1.807) is 0 Å². The Kier molecular flexibility index (Phi) is 5.01. The van der Waals surface area contributed by atoms with E-state index in [0.717, 1.165) is 52.0 Å². The summed E-state index contributed by atoms with van der Waals surface area (Å²) in [5.74, 6) is 0.916. The van der Waals surface area contributed by atoms with Gasteiger partial charge in [-0.05, 0) is 45.4 Å². The predicted molar refractivity (Wildman–Crippen MR) is 71.4 cm³/mol. The summed E-state index contributed by atoms with van der Waals surface area (Å²) >= 11 is 0. The van der Waals surface area contributed by atoms with Gasteiger partial charge in [0, 0.05) is 32.3 Å². The van der Waals surface area contributed by atoms with Crippen molar-refractivity contribution in [3.05, 3.63) is 0 Å². The molecule has 0 spiro atoms. The summed E-state index contributed by atoms with van der Waals surface area (Å²) in [7, 11) is 0. The Morgan fingerprint density at radius 3 is 2.44 bits per heavy atom. The lowest BCUT2D eigenvalue weighted by atomic mass is 9.92. The monoisotopic (exact) mass is 254 g/mol. The van der Waals surface area contributed by atoms with Crippen molar-refractivity contribution >= 4 is 5.91 Å². The maximum absolute atomic E-state index is 12.2. The van der Waals surface area contributed by atoms with Gasteiger partial charge in [-0.1, -0.05) is 0 Å². The van der Waals surface area contributed by atoms with E-state index < -0.39 is 0 Å². The number of carbonyl (C=O) groups is 1. The number of amides is 1. The van der Waals surface area contributed by atoms with Gasteiger partial charge < -0.3 is 15.0 Å². The minimum Gasteiger partial charge on any atom is -0.381 e. The summed E-state index contributed by atoms with van der Waals surface area (Å²) in [6, 6.07) is 0.344. The van der Waals surface area contributed by atoms with Crippen molar-refractivity contribution in [1.82, 2.24) is 10.2 Å². The summed E-state index contributed by atoms with van der Waals surface area (Å²) in [5, 5.41) is 3.48. The summed E-state index contributed by atoms with van der Waals surface area (Å²) < 4.78 is 5.38. The molecule has 2 rings (SSSR count). The van der Waals surface area contributed by atoms with E-state index in [-0.39, 0.29) is 11.9 Å². The van der Waals surface area contributed by atoms with E-state index in [1.165, 1.54) is 0 Å². The second kappa shape index (κ2) is 6.53. The Hall–Kier alpha value is -0.610. The van der Waals surface area contributed by atoms with Gasteiger partial charge in [0.2, 0.25) is 5.91 Å². The van der Waals surface area contributed by atoms with Crippen LogP contribution in [0.1, 0.15) is 39.5 Å². The van der Waals surface area contributed by atoms with Crippen molar-refractivity contribution in [3.63, 3.8) is 0 Å². The van der Waals surface area contributed by atoms with Gasteiger partial charge in [-0.2, -0.15) is 0 Å². The zero-order chi connectivity index (χ0) is 13.0. The van der Waals surface area contributed by atoms with Crippen LogP contribution in [0.15, 0.2) is 0 Å². The third kappa shape index (κ3) is 3.45. The van der Waals surface area contributed by atoms with Gasteiger partial charge in [-0.25, -0.2) is 0 Å². The van der Waals surface area contributed by atoms with Gasteiger partial charge >= 0.3 is 0 Å². The molecule has 104 valence electrons. The number of likely N-dealkylation sites (tertiary alicyclic amines) is 1. The molecule has 4 nitrogen and oxygen atoms in total. The van der Waals surface area contributed by atoms with Crippen molar-refractivity contribution in [2.75, 3.05) is 26.3 Å². The van der Waals surface area contributed by atoms with E-state index >= 15 is 0 Å². The predicted octanol–water partition coefficient (Wildman–Crippen LogP) is 1.40. The fourth-order valence-electron chi connectivity index (χ4n) is 3.03. The molecule has 18 heavy (non-hydrogen) atoms. The van der Waals surface area contributed by atoms with Gasteiger partial charge in [0.15, 0.2) is 0 Å². The molecule has 0 bridgehead atoms. The molecule has 2 saturated heterocycles. The minimum atomic E-state index is -0.0547. The highest BCUT2D eigenvalue weighted by Gasteiger charge is 2.27. The van der Waals surface area contributed by atoms with Crippen LogP contribution >= 0.6 is 0 Å². The molecule has 0 radical (unpaired) electrons. The fraction of sp³-hybridized carbons (Fsp3) is 0.929. The lowest BCUT2D eigenvalue weighted by Gasteiger charge is -2.31. The molecule has 4 heteroatoms. The highest BCUT2D eigenvalue weighted by molar-refractivity contribution is 5.81.